The molecular weight excluding hydrogens is 308 g/mol. The lowest BCUT2D eigenvalue weighted by Crippen LogP contribution is -2.39. The van der Waals surface area contributed by atoms with E-state index >= 15 is 0 Å². The summed E-state index contributed by atoms with van der Waals surface area (Å²) >= 11 is 1.54. The molecule has 0 aliphatic carbocycles. The first-order valence-electron chi connectivity index (χ1n) is 7.95. The molecule has 1 amide bonds. The Hall–Kier alpha value is -1.92. The number of nitrogens with zero attached hydrogens (tertiary/aromatic N) is 2. The number of nitrogen functional groups attached to an aromatic ring is 1. The van der Waals surface area contributed by atoms with Gasteiger partial charge in [0.15, 0.2) is 5.13 Å². The van der Waals surface area contributed by atoms with Crippen molar-refractivity contribution in [3.8, 4) is 0 Å². The summed E-state index contributed by atoms with van der Waals surface area (Å²) in [5.41, 5.74) is 6.80. The van der Waals surface area contributed by atoms with Crippen molar-refractivity contribution in [3.05, 3.63) is 47.0 Å². The molecule has 1 aliphatic rings. The van der Waals surface area contributed by atoms with Crippen LogP contribution in [-0.4, -0.2) is 28.9 Å². The zero-order valence-corrected chi connectivity index (χ0v) is 13.9. The summed E-state index contributed by atoms with van der Waals surface area (Å²) in [6.07, 6.45) is 3.67. The van der Waals surface area contributed by atoms with Gasteiger partial charge in [0, 0.05) is 30.1 Å². The number of carbonyl (C=O) groups is 1. The molecular formula is C17H22N4OS. The number of nitrogens with two attached hydrogens (primary N) is 1. The predicted octanol–water partition coefficient (Wildman–Crippen LogP) is 2.25. The lowest BCUT2D eigenvalue weighted by Gasteiger charge is -2.30. The number of carbonyl (C=O) groups excluding carboxylic acids is 1. The van der Waals surface area contributed by atoms with Crippen LogP contribution in [-0.2, 0) is 17.9 Å². The lowest BCUT2D eigenvalue weighted by atomic mass is 9.96. The van der Waals surface area contributed by atoms with Crippen molar-refractivity contribution in [2.45, 2.75) is 25.9 Å². The maximum Gasteiger partial charge on any atom is 0.223 e. The number of anilines is 1. The molecule has 1 fully saturated rings. The van der Waals surface area contributed by atoms with Crippen LogP contribution in [0.25, 0.3) is 0 Å². The summed E-state index contributed by atoms with van der Waals surface area (Å²) in [6.45, 7) is 3.38. The van der Waals surface area contributed by atoms with Crippen molar-refractivity contribution in [2.24, 2.45) is 5.92 Å². The molecule has 1 saturated heterocycles. The quantitative estimate of drug-likeness (QED) is 0.882. The highest BCUT2D eigenvalue weighted by molar-refractivity contribution is 7.15. The minimum Gasteiger partial charge on any atom is -0.375 e. The van der Waals surface area contributed by atoms with Crippen LogP contribution in [0.4, 0.5) is 5.13 Å². The largest absolute Gasteiger partial charge is 0.375 e. The van der Waals surface area contributed by atoms with Gasteiger partial charge in [-0.1, -0.05) is 30.3 Å². The summed E-state index contributed by atoms with van der Waals surface area (Å²) in [5.74, 6) is 0.303. The molecule has 2 aromatic rings. The van der Waals surface area contributed by atoms with E-state index in [4.69, 9.17) is 5.73 Å². The smallest absolute Gasteiger partial charge is 0.223 e. The fraction of sp³-hybridized carbons (Fsp3) is 0.412. The molecule has 0 radical (unpaired) electrons. The Labute approximate surface area is 140 Å². The fourth-order valence-electron chi connectivity index (χ4n) is 2.90. The monoisotopic (exact) mass is 330 g/mol. The van der Waals surface area contributed by atoms with Crippen LogP contribution in [0.3, 0.4) is 0 Å². The molecule has 5 nitrogen and oxygen atoms in total. The topological polar surface area (TPSA) is 71.2 Å². The molecule has 3 rings (SSSR count). The molecule has 23 heavy (non-hydrogen) atoms. The first-order chi connectivity index (χ1) is 11.2. The van der Waals surface area contributed by atoms with Crippen molar-refractivity contribution >= 4 is 22.4 Å². The Balaban J connectivity index is 1.42. The van der Waals surface area contributed by atoms with Gasteiger partial charge in [-0.3, -0.25) is 9.69 Å². The third-order valence-corrected chi connectivity index (χ3v) is 5.03. The number of likely N-dealkylation sites (tertiary alicyclic amines) is 1. The molecule has 0 atom stereocenters. The van der Waals surface area contributed by atoms with E-state index in [9.17, 15) is 4.79 Å². The third-order valence-electron chi connectivity index (χ3n) is 4.22. The number of amides is 1. The first-order valence-corrected chi connectivity index (χ1v) is 8.76. The van der Waals surface area contributed by atoms with Gasteiger partial charge in [0.05, 0.1) is 0 Å². The molecule has 0 spiro atoms. The maximum atomic E-state index is 12.3. The second kappa shape index (κ2) is 7.57. The van der Waals surface area contributed by atoms with Crippen LogP contribution in [0, 0.1) is 5.92 Å². The molecule has 0 bridgehead atoms. The molecule has 1 aromatic carbocycles. The van der Waals surface area contributed by atoms with Gasteiger partial charge in [0.25, 0.3) is 0 Å². The summed E-state index contributed by atoms with van der Waals surface area (Å²) in [5, 5.41) is 3.68. The van der Waals surface area contributed by atoms with Gasteiger partial charge in [-0.15, -0.1) is 11.3 Å². The van der Waals surface area contributed by atoms with E-state index in [1.165, 1.54) is 16.2 Å². The normalized spacial score (nSPS) is 16.3. The standard InChI is InChI=1S/C17H22N4OS/c18-17-20-11-15(23-17)12-21-8-6-14(7-9-21)16(22)19-10-13-4-2-1-3-5-13/h1-5,11,14H,6-10,12H2,(H2,18,20)(H,19,22). The number of benzene rings is 1. The highest BCUT2D eigenvalue weighted by Crippen LogP contribution is 2.22. The van der Waals surface area contributed by atoms with Crippen molar-refractivity contribution in [1.29, 1.82) is 0 Å². The summed E-state index contributed by atoms with van der Waals surface area (Å²) in [7, 11) is 0. The van der Waals surface area contributed by atoms with Crippen LogP contribution in [0.2, 0.25) is 0 Å². The van der Waals surface area contributed by atoms with Crippen molar-refractivity contribution in [3.63, 3.8) is 0 Å². The first kappa shape index (κ1) is 16.0. The van der Waals surface area contributed by atoms with Crippen molar-refractivity contribution < 1.29 is 4.79 Å². The minimum atomic E-state index is 0.126. The van der Waals surface area contributed by atoms with Gasteiger partial charge in [0.1, 0.15) is 0 Å². The van der Waals surface area contributed by atoms with E-state index in [0.717, 1.165) is 38.0 Å². The van der Waals surface area contributed by atoms with E-state index in [-0.39, 0.29) is 11.8 Å². The second-order valence-electron chi connectivity index (χ2n) is 5.92. The molecule has 3 N–H and O–H groups in total. The van der Waals surface area contributed by atoms with E-state index in [2.05, 4.69) is 15.2 Å². The van der Waals surface area contributed by atoms with E-state index < -0.39 is 0 Å². The molecule has 1 aliphatic heterocycles. The molecule has 1 aromatic heterocycles. The summed E-state index contributed by atoms with van der Waals surface area (Å²) in [6, 6.07) is 10.0. The molecule has 122 valence electrons. The number of thiazole rings is 1. The zero-order chi connectivity index (χ0) is 16.1. The van der Waals surface area contributed by atoms with E-state index in [0.29, 0.717) is 11.7 Å². The minimum absolute atomic E-state index is 0.126. The number of hydrogen-bond acceptors (Lipinski definition) is 5. The van der Waals surface area contributed by atoms with E-state index in [1.54, 1.807) is 0 Å². The molecule has 6 heteroatoms. The second-order valence-corrected chi connectivity index (χ2v) is 7.07. The predicted molar refractivity (Wildman–Crippen MR) is 92.8 cm³/mol. The Morgan fingerprint density at radius 3 is 2.70 bits per heavy atom. The number of rotatable bonds is 5. The van der Waals surface area contributed by atoms with Gasteiger partial charge in [-0.05, 0) is 31.5 Å². The Morgan fingerprint density at radius 2 is 2.04 bits per heavy atom. The summed E-state index contributed by atoms with van der Waals surface area (Å²) in [4.78, 5) is 19.9. The highest BCUT2D eigenvalue weighted by Gasteiger charge is 2.25. The van der Waals surface area contributed by atoms with E-state index in [1.807, 2.05) is 36.5 Å². The van der Waals surface area contributed by atoms with Crippen LogP contribution in [0.15, 0.2) is 36.5 Å². The Bertz CT molecular complexity index is 635. The van der Waals surface area contributed by atoms with Gasteiger partial charge in [-0.2, -0.15) is 0 Å². The number of hydrogen-bond donors (Lipinski definition) is 2. The van der Waals surface area contributed by atoms with Crippen LogP contribution in [0.5, 0.6) is 0 Å². The molecule has 2 heterocycles. The zero-order valence-electron chi connectivity index (χ0n) is 13.1. The van der Waals surface area contributed by atoms with Crippen LogP contribution < -0.4 is 11.1 Å². The van der Waals surface area contributed by atoms with Crippen LogP contribution in [0.1, 0.15) is 23.3 Å². The lowest BCUT2D eigenvalue weighted by molar-refractivity contribution is -0.126. The number of nitrogens with one attached hydrogen (secondary N) is 1. The van der Waals surface area contributed by atoms with Gasteiger partial charge in [-0.25, -0.2) is 4.98 Å². The summed E-state index contributed by atoms with van der Waals surface area (Å²) < 4.78 is 0. The van der Waals surface area contributed by atoms with Crippen LogP contribution >= 0.6 is 11.3 Å². The Morgan fingerprint density at radius 1 is 1.30 bits per heavy atom. The SMILES string of the molecule is Nc1ncc(CN2CCC(C(=O)NCc3ccccc3)CC2)s1. The van der Waals surface area contributed by atoms with Gasteiger partial charge < -0.3 is 11.1 Å². The highest BCUT2D eigenvalue weighted by atomic mass is 32.1. The van der Waals surface area contributed by atoms with Gasteiger partial charge in [0.2, 0.25) is 5.91 Å². The third kappa shape index (κ3) is 4.53. The fourth-order valence-corrected chi connectivity index (χ4v) is 3.63. The van der Waals surface area contributed by atoms with Crippen molar-refractivity contribution in [2.75, 3.05) is 18.8 Å². The van der Waals surface area contributed by atoms with Crippen molar-refractivity contribution in [1.82, 2.24) is 15.2 Å². The molecule has 0 unspecified atom stereocenters. The average molecular weight is 330 g/mol. The molecule has 0 saturated carbocycles. The average Bonchev–Trinajstić information content (AvgIpc) is 2.99. The number of aromatic nitrogens is 1. The maximum absolute atomic E-state index is 12.3. The number of piperidine rings is 1. The Kier molecular flexibility index (Phi) is 5.25. The van der Waals surface area contributed by atoms with Gasteiger partial charge >= 0.3 is 0 Å².